The number of phenols is 1. The van der Waals surface area contributed by atoms with E-state index >= 15 is 0 Å². The summed E-state index contributed by atoms with van der Waals surface area (Å²) in [5, 5.41) is 18.6. The number of hydrogen-bond donors (Lipinski definition) is 3. The van der Waals surface area contributed by atoms with Crippen molar-refractivity contribution in [2.75, 3.05) is 0 Å². The minimum absolute atomic E-state index is 0.253. The summed E-state index contributed by atoms with van der Waals surface area (Å²) in [5.74, 6) is 0.253. The molecule has 1 aromatic carbocycles. The molecule has 0 saturated carbocycles. The molecule has 19 heavy (non-hydrogen) atoms. The Morgan fingerprint density at radius 1 is 1.32 bits per heavy atom. The van der Waals surface area contributed by atoms with Gasteiger partial charge in [-0.25, -0.2) is 0 Å². The molecule has 96 valence electrons. The molecule has 3 aromatic rings. The fourth-order valence-electron chi connectivity index (χ4n) is 2.21. The second-order valence-corrected chi connectivity index (χ2v) is 4.51. The van der Waals surface area contributed by atoms with E-state index in [1.807, 2.05) is 19.1 Å². The molecule has 0 aliphatic heterocycles. The SMILES string of the molecule is Cc1c(-c2cc(CN)cnn2)[nH]c2ccc(O)cc12. The Hall–Kier alpha value is -2.40. The van der Waals surface area contributed by atoms with Gasteiger partial charge < -0.3 is 15.8 Å². The lowest BCUT2D eigenvalue weighted by Crippen LogP contribution is -1.99. The van der Waals surface area contributed by atoms with Gasteiger partial charge in [0.25, 0.3) is 0 Å². The van der Waals surface area contributed by atoms with Gasteiger partial charge in [-0.2, -0.15) is 5.10 Å². The monoisotopic (exact) mass is 254 g/mol. The quantitative estimate of drug-likeness (QED) is 0.653. The van der Waals surface area contributed by atoms with Crippen LogP contribution in [0.1, 0.15) is 11.1 Å². The predicted octanol–water partition coefficient (Wildman–Crippen LogP) is 2.10. The van der Waals surface area contributed by atoms with E-state index in [-0.39, 0.29) is 5.75 Å². The highest BCUT2D eigenvalue weighted by Gasteiger charge is 2.11. The second kappa shape index (κ2) is 4.37. The molecule has 0 atom stereocenters. The average Bonchev–Trinajstić information content (AvgIpc) is 2.76. The Morgan fingerprint density at radius 2 is 2.16 bits per heavy atom. The predicted molar refractivity (Wildman–Crippen MR) is 73.6 cm³/mol. The van der Waals surface area contributed by atoms with Crippen molar-refractivity contribution in [1.29, 1.82) is 0 Å². The lowest BCUT2D eigenvalue weighted by atomic mass is 10.1. The third-order valence-electron chi connectivity index (χ3n) is 3.24. The second-order valence-electron chi connectivity index (χ2n) is 4.51. The molecule has 2 aromatic heterocycles. The largest absolute Gasteiger partial charge is 0.508 e. The number of fused-ring (bicyclic) bond motifs is 1. The van der Waals surface area contributed by atoms with Crippen molar-refractivity contribution in [1.82, 2.24) is 15.2 Å². The average molecular weight is 254 g/mol. The molecule has 0 spiro atoms. The van der Waals surface area contributed by atoms with Gasteiger partial charge in [-0.15, -0.1) is 5.10 Å². The Morgan fingerprint density at radius 3 is 2.95 bits per heavy atom. The number of phenolic OH excluding ortho intramolecular Hbond substituents is 1. The van der Waals surface area contributed by atoms with E-state index in [1.165, 1.54) is 0 Å². The number of aromatic hydroxyl groups is 1. The zero-order chi connectivity index (χ0) is 13.4. The molecule has 0 aliphatic rings. The van der Waals surface area contributed by atoms with Crippen molar-refractivity contribution in [3.8, 4) is 17.1 Å². The summed E-state index contributed by atoms with van der Waals surface area (Å²) in [7, 11) is 0. The van der Waals surface area contributed by atoms with E-state index in [9.17, 15) is 5.11 Å². The number of H-pyrrole nitrogens is 1. The Balaban J connectivity index is 2.21. The first-order chi connectivity index (χ1) is 9.19. The molecule has 0 aliphatic carbocycles. The highest BCUT2D eigenvalue weighted by molar-refractivity contribution is 5.90. The third-order valence-corrected chi connectivity index (χ3v) is 3.24. The van der Waals surface area contributed by atoms with Crippen LogP contribution in [0.2, 0.25) is 0 Å². The minimum atomic E-state index is 0.253. The summed E-state index contributed by atoms with van der Waals surface area (Å²) in [6.07, 6.45) is 1.66. The van der Waals surface area contributed by atoms with Crippen LogP contribution >= 0.6 is 0 Å². The van der Waals surface area contributed by atoms with E-state index in [0.717, 1.165) is 33.4 Å². The van der Waals surface area contributed by atoms with Crippen LogP contribution in [0.25, 0.3) is 22.3 Å². The number of nitrogens with one attached hydrogen (secondary N) is 1. The van der Waals surface area contributed by atoms with Crippen molar-refractivity contribution in [2.45, 2.75) is 13.5 Å². The van der Waals surface area contributed by atoms with Crippen LogP contribution in [0.3, 0.4) is 0 Å². The van der Waals surface area contributed by atoms with E-state index in [2.05, 4.69) is 15.2 Å². The normalized spacial score (nSPS) is 11.1. The van der Waals surface area contributed by atoms with E-state index in [4.69, 9.17) is 5.73 Å². The van der Waals surface area contributed by atoms with Gasteiger partial charge in [0.2, 0.25) is 0 Å². The number of nitrogens with zero attached hydrogens (tertiary/aromatic N) is 2. The fraction of sp³-hybridized carbons (Fsp3) is 0.143. The Labute approximate surface area is 110 Å². The van der Waals surface area contributed by atoms with Crippen LogP contribution in [0, 0.1) is 6.92 Å². The molecule has 5 heteroatoms. The summed E-state index contributed by atoms with van der Waals surface area (Å²) < 4.78 is 0. The first-order valence-electron chi connectivity index (χ1n) is 6.02. The molecule has 0 bridgehead atoms. The molecule has 5 nitrogen and oxygen atoms in total. The Kier molecular flexibility index (Phi) is 2.68. The number of benzene rings is 1. The number of aromatic amines is 1. The maximum Gasteiger partial charge on any atom is 0.116 e. The molecular formula is C14H14N4O. The van der Waals surface area contributed by atoms with Crippen molar-refractivity contribution in [2.24, 2.45) is 5.73 Å². The zero-order valence-electron chi connectivity index (χ0n) is 10.5. The molecule has 0 unspecified atom stereocenters. The van der Waals surface area contributed by atoms with Crippen molar-refractivity contribution < 1.29 is 5.11 Å². The third kappa shape index (κ3) is 1.94. The summed E-state index contributed by atoms with van der Waals surface area (Å²) >= 11 is 0. The van der Waals surface area contributed by atoms with Crippen LogP contribution in [0.4, 0.5) is 0 Å². The molecular weight excluding hydrogens is 240 g/mol. The summed E-state index contributed by atoms with van der Waals surface area (Å²) in [5.41, 5.74) is 10.2. The first-order valence-corrected chi connectivity index (χ1v) is 6.02. The van der Waals surface area contributed by atoms with Crippen molar-refractivity contribution >= 4 is 10.9 Å². The lowest BCUT2D eigenvalue weighted by Gasteiger charge is -2.01. The van der Waals surface area contributed by atoms with Crippen molar-refractivity contribution in [3.05, 3.63) is 41.6 Å². The van der Waals surface area contributed by atoms with Gasteiger partial charge in [0.1, 0.15) is 11.4 Å². The van der Waals surface area contributed by atoms with Gasteiger partial charge in [-0.3, -0.25) is 0 Å². The fourth-order valence-corrected chi connectivity index (χ4v) is 2.21. The standard InChI is InChI=1S/C14H14N4O/c1-8-11-5-10(19)2-3-12(11)17-14(8)13-4-9(6-15)7-16-18-13/h2-5,7,17,19H,6,15H2,1H3. The van der Waals surface area contributed by atoms with Crippen LogP contribution < -0.4 is 5.73 Å². The first kappa shape index (κ1) is 11.7. The molecule has 0 radical (unpaired) electrons. The van der Waals surface area contributed by atoms with Gasteiger partial charge >= 0.3 is 0 Å². The smallest absolute Gasteiger partial charge is 0.116 e. The topological polar surface area (TPSA) is 87.8 Å². The van der Waals surface area contributed by atoms with Crippen LogP contribution in [0.5, 0.6) is 5.75 Å². The summed E-state index contributed by atoms with van der Waals surface area (Å²) in [6, 6.07) is 7.17. The van der Waals surface area contributed by atoms with Crippen LogP contribution in [0.15, 0.2) is 30.5 Å². The molecule has 0 fully saturated rings. The van der Waals surface area contributed by atoms with E-state index in [1.54, 1.807) is 18.3 Å². The minimum Gasteiger partial charge on any atom is -0.508 e. The Bertz CT molecular complexity index is 748. The van der Waals surface area contributed by atoms with E-state index in [0.29, 0.717) is 6.54 Å². The molecule has 3 rings (SSSR count). The number of hydrogen-bond acceptors (Lipinski definition) is 4. The number of aromatic nitrogens is 3. The van der Waals surface area contributed by atoms with Crippen LogP contribution in [-0.4, -0.2) is 20.3 Å². The van der Waals surface area contributed by atoms with Gasteiger partial charge in [0.15, 0.2) is 0 Å². The van der Waals surface area contributed by atoms with Crippen molar-refractivity contribution in [3.63, 3.8) is 0 Å². The number of rotatable bonds is 2. The molecule has 2 heterocycles. The maximum atomic E-state index is 9.56. The van der Waals surface area contributed by atoms with Gasteiger partial charge in [-0.1, -0.05) is 0 Å². The highest BCUT2D eigenvalue weighted by Crippen LogP contribution is 2.30. The zero-order valence-corrected chi connectivity index (χ0v) is 10.5. The van der Waals surface area contributed by atoms with Gasteiger partial charge in [0.05, 0.1) is 11.9 Å². The highest BCUT2D eigenvalue weighted by atomic mass is 16.3. The van der Waals surface area contributed by atoms with Gasteiger partial charge in [-0.05, 0) is 42.3 Å². The molecule has 0 saturated heterocycles. The van der Waals surface area contributed by atoms with Crippen LogP contribution in [-0.2, 0) is 6.54 Å². The summed E-state index contributed by atoms with van der Waals surface area (Å²) in [6.45, 7) is 2.42. The molecule has 0 amide bonds. The van der Waals surface area contributed by atoms with E-state index < -0.39 is 0 Å². The molecule has 4 N–H and O–H groups in total. The lowest BCUT2D eigenvalue weighted by molar-refractivity contribution is 0.476. The number of aryl methyl sites for hydroxylation is 1. The van der Waals surface area contributed by atoms with Gasteiger partial charge in [0, 0.05) is 17.4 Å². The maximum absolute atomic E-state index is 9.56. The number of nitrogens with two attached hydrogens (primary N) is 1. The summed E-state index contributed by atoms with van der Waals surface area (Å²) in [4.78, 5) is 3.30.